The van der Waals surface area contributed by atoms with Crippen LogP contribution in [0.3, 0.4) is 0 Å². The van der Waals surface area contributed by atoms with Gasteiger partial charge in [0.15, 0.2) is 17.2 Å². The summed E-state index contributed by atoms with van der Waals surface area (Å²) in [5.74, 6) is 2.68. The molecule has 0 N–H and O–H groups in total. The summed E-state index contributed by atoms with van der Waals surface area (Å²) in [6, 6.07) is 26.1. The molecule has 3 aromatic rings. The molecule has 0 fully saturated rings. The minimum Gasteiger partial charge on any atom is -0.485 e. The van der Waals surface area contributed by atoms with Gasteiger partial charge in [-0.1, -0.05) is 75.4 Å². The predicted octanol–water partition coefficient (Wildman–Crippen LogP) is 6.90. The van der Waals surface area contributed by atoms with Crippen molar-refractivity contribution in [1.29, 1.82) is 0 Å². The first-order chi connectivity index (χ1) is 15.1. The van der Waals surface area contributed by atoms with E-state index in [-0.39, 0.29) is 6.23 Å². The molecule has 0 spiro atoms. The molecule has 0 aliphatic heterocycles. The van der Waals surface area contributed by atoms with Crippen LogP contribution in [0.1, 0.15) is 32.8 Å². The van der Waals surface area contributed by atoms with Crippen LogP contribution < -0.4 is 14.4 Å². The van der Waals surface area contributed by atoms with Crippen LogP contribution in [0.15, 0.2) is 78.9 Å². The van der Waals surface area contributed by atoms with E-state index in [1.165, 1.54) is 0 Å². The number of benzene rings is 3. The molecule has 1 unspecified atom stereocenters. The molecule has 31 heavy (non-hydrogen) atoms. The Balaban J connectivity index is 1.86. The maximum atomic E-state index is 6.41. The number of hydrogen-bond acceptors (Lipinski definition) is 4. The van der Waals surface area contributed by atoms with Gasteiger partial charge in [-0.2, -0.15) is 0 Å². The van der Waals surface area contributed by atoms with Gasteiger partial charge in [0.25, 0.3) is 0 Å². The lowest BCUT2D eigenvalue weighted by molar-refractivity contribution is 0.0931. The van der Waals surface area contributed by atoms with Crippen molar-refractivity contribution in [3.63, 3.8) is 0 Å². The van der Waals surface area contributed by atoms with Crippen LogP contribution in [-0.4, -0.2) is 19.9 Å². The Morgan fingerprint density at radius 3 is 2.03 bits per heavy atom. The van der Waals surface area contributed by atoms with Gasteiger partial charge >= 0.3 is 0 Å². The zero-order valence-electron chi connectivity index (χ0n) is 19.0. The fraction of sp³-hybridized carbons (Fsp3) is 0.333. The second-order valence-corrected chi connectivity index (χ2v) is 7.94. The lowest BCUT2D eigenvalue weighted by atomic mass is 10.1. The average Bonchev–Trinajstić information content (AvgIpc) is 2.79. The molecule has 0 radical (unpaired) electrons. The Kier molecular flexibility index (Phi) is 8.36. The van der Waals surface area contributed by atoms with Crippen LogP contribution in [0.25, 0.3) is 0 Å². The van der Waals surface area contributed by atoms with E-state index in [9.17, 15) is 0 Å². The summed E-state index contributed by atoms with van der Waals surface area (Å²) in [6.45, 7) is 7.93. The highest BCUT2D eigenvalue weighted by Gasteiger charge is 2.22. The third-order valence-electron chi connectivity index (χ3n) is 5.01. The molecule has 0 aliphatic rings. The fourth-order valence-electron chi connectivity index (χ4n) is 3.57. The quantitative estimate of drug-likeness (QED) is 0.316. The Labute approximate surface area is 186 Å². The van der Waals surface area contributed by atoms with Crippen LogP contribution in [0.2, 0.25) is 0 Å². The van der Waals surface area contributed by atoms with Gasteiger partial charge in [0.1, 0.15) is 12.8 Å². The van der Waals surface area contributed by atoms with Crippen molar-refractivity contribution in [3.05, 3.63) is 84.4 Å². The number of hydrogen-bond donors (Lipinski definition) is 0. The van der Waals surface area contributed by atoms with Gasteiger partial charge in [-0.15, -0.1) is 0 Å². The smallest absolute Gasteiger partial charge is 0.169 e. The molecule has 0 aliphatic carbocycles. The van der Waals surface area contributed by atoms with E-state index in [0.717, 1.165) is 35.7 Å². The first-order valence-corrected chi connectivity index (χ1v) is 10.9. The molecular formula is C27H33NO3. The van der Waals surface area contributed by atoms with E-state index in [4.69, 9.17) is 14.2 Å². The monoisotopic (exact) mass is 419 g/mol. The molecule has 0 heterocycles. The summed E-state index contributed by atoms with van der Waals surface area (Å²) in [6.07, 6.45) is 0.866. The largest absolute Gasteiger partial charge is 0.485 e. The molecule has 1 atom stereocenters. The van der Waals surface area contributed by atoms with E-state index in [1.807, 2.05) is 60.7 Å². The predicted molar refractivity (Wildman–Crippen MR) is 127 cm³/mol. The van der Waals surface area contributed by atoms with Crippen molar-refractivity contribution in [1.82, 2.24) is 0 Å². The minimum atomic E-state index is -0.0169. The van der Waals surface area contributed by atoms with Crippen molar-refractivity contribution in [2.45, 2.75) is 40.0 Å². The molecule has 4 nitrogen and oxygen atoms in total. The van der Waals surface area contributed by atoms with E-state index in [0.29, 0.717) is 18.3 Å². The minimum absolute atomic E-state index is 0.0169. The van der Waals surface area contributed by atoms with Gasteiger partial charge in [0, 0.05) is 13.7 Å². The SMILES string of the molecule is CCC(OC)N(CC(C)C)c1ccccc1Oc1ccccc1OCc1ccccc1. The standard InChI is InChI=1S/C27H33NO3/c1-5-27(29-4)28(19-21(2)3)23-15-9-10-16-24(23)31-26-18-12-11-17-25(26)30-20-22-13-7-6-8-14-22/h6-18,21,27H,5,19-20H2,1-4H3. The maximum absolute atomic E-state index is 6.41. The first kappa shape index (κ1) is 22.7. The third kappa shape index (κ3) is 6.25. The zero-order valence-corrected chi connectivity index (χ0v) is 19.0. The average molecular weight is 420 g/mol. The van der Waals surface area contributed by atoms with Crippen molar-refractivity contribution in [2.24, 2.45) is 5.92 Å². The van der Waals surface area contributed by atoms with Crippen LogP contribution in [-0.2, 0) is 11.3 Å². The van der Waals surface area contributed by atoms with Crippen molar-refractivity contribution < 1.29 is 14.2 Å². The van der Waals surface area contributed by atoms with E-state index in [1.54, 1.807) is 7.11 Å². The Morgan fingerprint density at radius 1 is 0.774 bits per heavy atom. The lowest BCUT2D eigenvalue weighted by Crippen LogP contribution is -2.39. The summed E-state index contributed by atoms with van der Waals surface area (Å²) in [7, 11) is 1.76. The summed E-state index contributed by atoms with van der Waals surface area (Å²) in [5, 5.41) is 0. The molecule has 0 saturated carbocycles. The van der Waals surface area contributed by atoms with Crippen molar-refractivity contribution >= 4 is 5.69 Å². The van der Waals surface area contributed by atoms with Crippen molar-refractivity contribution in [3.8, 4) is 17.2 Å². The van der Waals surface area contributed by atoms with Gasteiger partial charge < -0.3 is 19.1 Å². The molecular weight excluding hydrogens is 386 g/mol. The van der Waals surface area contributed by atoms with E-state index in [2.05, 4.69) is 43.9 Å². The van der Waals surface area contributed by atoms with Crippen LogP contribution in [0.5, 0.6) is 17.2 Å². The summed E-state index contributed by atoms with van der Waals surface area (Å²) < 4.78 is 18.3. The molecule has 0 bridgehead atoms. The van der Waals surface area contributed by atoms with Crippen LogP contribution in [0.4, 0.5) is 5.69 Å². The third-order valence-corrected chi connectivity index (χ3v) is 5.01. The molecule has 0 amide bonds. The Bertz CT molecular complexity index is 923. The molecule has 4 heteroatoms. The van der Waals surface area contributed by atoms with Gasteiger partial charge in [0.2, 0.25) is 0 Å². The Morgan fingerprint density at radius 2 is 1.39 bits per heavy atom. The number of ether oxygens (including phenoxy) is 3. The Hall–Kier alpha value is -2.98. The number of para-hydroxylation sites is 4. The van der Waals surface area contributed by atoms with Crippen molar-refractivity contribution in [2.75, 3.05) is 18.6 Å². The number of methoxy groups -OCH3 is 1. The fourth-order valence-corrected chi connectivity index (χ4v) is 3.57. The second-order valence-electron chi connectivity index (χ2n) is 7.94. The highest BCUT2D eigenvalue weighted by molar-refractivity contribution is 5.61. The number of nitrogens with zero attached hydrogens (tertiary/aromatic N) is 1. The zero-order chi connectivity index (χ0) is 22.1. The number of rotatable bonds is 11. The topological polar surface area (TPSA) is 30.9 Å². The molecule has 3 aromatic carbocycles. The van der Waals surface area contributed by atoms with E-state index < -0.39 is 0 Å². The first-order valence-electron chi connectivity index (χ1n) is 10.9. The normalized spacial score (nSPS) is 11.9. The molecule has 164 valence electrons. The van der Waals surface area contributed by atoms with Crippen LogP contribution >= 0.6 is 0 Å². The summed E-state index contributed by atoms with van der Waals surface area (Å²) >= 11 is 0. The van der Waals surface area contributed by atoms with Gasteiger partial charge in [-0.25, -0.2) is 0 Å². The second kappa shape index (κ2) is 11.4. The summed E-state index contributed by atoms with van der Waals surface area (Å²) in [5.41, 5.74) is 2.13. The highest BCUT2D eigenvalue weighted by atomic mass is 16.5. The van der Waals surface area contributed by atoms with Gasteiger partial charge in [-0.05, 0) is 42.2 Å². The molecule has 0 saturated heterocycles. The van der Waals surface area contributed by atoms with Crippen LogP contribution in [0, 0.1) is 5.92 Å². The maximum Gasteiger partial charge on any atom is 0.169 e. The highest BCUT2D eigenvalue weighted by Crippen LogP contribution is 2.38. The van der Waals surface area contributed by atoms with E-state index >= 15 is 0 Å². The molecule has 0 aromatic heterocycles. The number of anilines is 1. The molecule has 3 rings (SSSR count). The lowest BCUT2D eigenvalue weighted by Gasteiger charge is -2.34. The summed E-state index contributed by atoms with van der Waals surface area (Å²) in [4.78, 5) is 2.29. The van der Waals surface area contributed by atoms with Gasteiger partial charge in [-0.3, -0.25) is 0 Å². The van der Waals surface area contributed by atoms with Gasteiger partial charge in [0.05, 0.1) is 5.69 Å².